The largest absolute Gasteiger partial charge is 0.352 e. The van der Waals surface area contributed by atoms with Crippen LogP contribution in [0.4, 0.5) is 4.79 Å². The molecule has 0 bridgehead atoms. The monoisotopic (exact) mass is 368 g/mol. The smallest absolute Gasteiger partial charge is 0.309 e. The summed E-state index contributed by atoms with van der Waals surface area (Å²) < 4.78 is 0. The zero-order chi connectivity index (χ0) is 20.0. The van der Waals surface area contributed by atoms with Gasteiger partial charge >= 0.3 is 6.03 Å². The van der Waals surface area contributed by atoms with Gasteiger partial charge < -0.3 is 11.5 Å². The van der Waals surface area contributed by atoms with Gasteiger partial charge in [0.1, 0.15) is 0 Å². The Morgan fingerprint density at radius 1 is 0.393 bits per heavy atom. The van der Waals surface area contributed by atoms with Gasteiger partial charge in [0.2, 0.25) is 0 Å². The van der Waals surface area contributed by atoms with Crippen molar-refractivity contribution >= 4 is 6.03 Å². The summed E-state index contributed by atoms with van der Waals surface area (Å²) in [6.07, 6.45) is 0. The Morgan fingerprint density at radius 2 is 0.536 bits per heavy atom. The molecule has 0 aliphatic carbocycles. The van der Waals surface area contributed by atoms with Gasteiger partial charge in [0, 0.05) is 0 Å². The van der Waals surface area contributed by atoms with Crippen molar-refractivity contribution < 1.29 is 4.79 Å². The van der Waals surface area contributed by atoms with E-state index in [-0.39, 0.29) is 0 Å². The summed E-state index contributed by atoms with van der Waals surface area (Å²) in [5.41, 5.74) is 13.6. The van der Waals surface area contributed by atoms with Crippen LogP contribution in [0.2, 0.25) is 0 Å². The van der Waals surface area contributed by atoms with E-state index in [4.69, 9.17) is 4.79 Å². The van der Waals surface area contributed by atoms with E-state index in [0.29, 0.717) is 0 Å². The molecule has 3 nitrogen and oxygen atoms in total. The van der Waals surface area contributed by atoms with Gasteiger partial charge in [-0.3, -0.25) is 0 Å². The predicted molar refractivity (Wildman–Crippen MR) is 118 cm³/mol. The van der Waals surface area contributed by atoms with E-state index in [2.05, 4.69) is 109 Å². The van der Waals surface area contributed by atoms with Crippen LogP contribution in [0.25, 0.3) is 22.3 Å². The third-order valence-electron chi connectivity index (χ3n) is 3.76. The second kappa shape index (κ2) is 11.7. The van der Waals surface area contributed by atoms with Gasteiger partial charge in [-0.15, -0.1) is 0 Å². The number of rotatable bonds is 2. The first-order valence-electron chi connectivity index (χ1n) is 8.92. The first-order valence-corrected chi connectivity index (χ1v) is 8.92. The number of urea groups is 1. The Hall–Kier alpha value is -3.85. The third kappa shape index (κ3) is 7.58. The summed E-state index contributed by atoms with van der Waals surface area (Å²) in [6.45, 7) is 0. The minimum atomic E-state index is -0.833. The number of hydrogen-bond acceptors (Lipinski definition) is 1. The van der Waals surface area contributed by atoms with Crippen molar-refractivity contribution in [3.8, 4) is 22.3 Å². The van der Waals surface area contributed by atoms with E-state index in [0.717, 1.165) is 0 Å². The number of amides is 2. The van der Waals surface area contributed by atoms with Gasteiger partial charge in [-0.25, -0.2) is 4.79 Å². The summed E-state index contributed by atoms with van der Waals surface area (Å²) in [7, 11) is 0. The van der Waals surface area contributed by atoms with Gasteiger partial charge in [0.05, 0.1) is 0 Å². The van der Waals surface area contributed by atoms with E-state index >= 15 is 0 Å². The minimum Gasteiger partial charge on any atom is -0.352 e. The molecule has 140 valence electrons. The number of primary amides is 2. The molecule has 0 atom stereocenters. The number of hydrogen-bond donors (Lipinski definition) is 2. The summed E-state index contributed by atoms with van der Waals surface area (Å²) in [5.74, 6) is 0. The number of carbonyl (C=O) groups is 1. The quantitative estimate of drug-likeness (QED) is 0.466. The fraction of sp³-hybridized carbons (Fsp3) is 0. The van der Waals surface area contributed by atoms with Crippen molar-refractivity contribution in [3.05, 3.63) is 121 Å². The van der Waals surface area contributed by atoms with Crippen LogP contribution < -0.4 is 11.5 Å². The second-order valence-corrected chi connectivity index (χ2v) is 5.87. The van der Waals surface area contributed by atoms with Gasteiger partial charge in [-0.2, -0.15) is 0 Å². The molecule has 4 aromatic rings. The lowest BCUT2D eigenvalue weighted by atomic mass is 10.1. The summed E-state index contributed by atoms with van der Waals surface area (Å²) >= 11 is 0. The van der Waals surface area contributed by atoms with Gasteiger partial charge in [-0.05, 0) is 22.3 Å². The molecule has 0 spiro atoms. The zero-order valence-electron chi connectivity index (χ0n) is 15.6. The standard InChI is InChI=1S/2C12H10.CH4N2O/c2*1-3-7-11(8-4-1)12-9-5-2-6-10-12;2-1(3)4/h2*1-10H;(H4,2,3,4). The molecule has 28 heavy (non-hydrogen) atoms. The minimum absolute atomic E-state index is 0.833. The Kier molecular flexibility index (Phi) is 8.55. The topological polar surface area (TPSA) is 69.1 Å². The van der Waals surface area contributed by atoms with Crippen LogP contribution >= 0.6 is 0 Å². The van der Waals surface area contributed by atoms with Crippen LogP contribution in [-0.4, -0.2) is 6.03 Å². The normalized spacial score (nSPS) is 9.14. The molecular weight excluding hydrogens is 344 g/mol. The Bertz CT molecular complexity index is 771. The molecule has 4 N–H and O–H groups in total. The van der Waals surface area contributed by atoms with Crippen molar-refractivity contribution in [2.75, 3.05) is 0 Å². The molecule has 3 heteroatoms. The van der Waals surface area contributed by atoms with Crippen molar-refractivity contribution in [3.63, 3.8) is 0 Å². The van der Waals surface area contributed by atoms with Gasteiger partial charge in [-0.1, -0.05) is 121 Å². The van der Waals surface area contributed by atoms with Crippen LogP contribution in [0.3, 0.4) is 0 Å². The van der Waals surface area contributed by atoms with Crippen LogP contribution in [0, 0.1) is 0 Å². The highest BCUT2D eigenvalue weighted by atomic mass is 16.2. The maximum Gasteiger partial charge on any atom is 0.309 e. The van der Waals surface area contributed by atoms with Crippen molar-refractivity contribution in [1.82, 2.24) is 0 Å². The number of benzene rings is 4. The van der Waals surface area contributed by atoms with E-state index < -0.39 is 6.03 Å². The van der Waals surface area contributed by atoms with Crippen molar-refractivity contribution in [1.29, 1.82) is 0 Å². The van der Waals surface area contributed by atoms with E-state index in [1.807, 2.05) is 24.3 Å². The average Bonchev–Trinajstić information content (AvgIpc) is 2.76. The molecule has 2 amide bonds. The molecule has 0 saturated carbocycles. The summed E-state index contributed by atoms with van der Waals surface area (Å²) in [4.78, 5) is 9.00. The van der Waals surface area contributed by atoms with Crippen LogP contribution in [-0.2, 0) is 0 Å². The molecule has 0 heterocycles. The molecule has 0 aromatic heterocycles. The number of nitrogens with two attached hydrogens (primary N) is 2. The molecular formula is C25H24N2O. The molecule has 0 fully saturated rings. The van der Waals surface area contributed by atoms with Gasteiger partial charge in [0.15, 0.2) is 0 Å². The molecule has 4 rings (SSSR count). The highest BCUT2D eigenvalue weighted by Gasteiger charge is 1.92. The SMILES string of the molecule is NC(N)=O.c1ccc(-c2ccccc2)cc1.c1ccc(-c2ccccc2)cc1. The fourth-order valence-corrected chi connectivity index (χ4v) is 2.52. The lowest BCUT2D eigenvalue weighted by Gasteiger charge is -1.98. The van der Waals surface area contributed by atoms with E-state index in [1.165, 1.54) is 22.3 Å². The Morgan fingerprint density at radius 3 is 0.679 bits per heavy atom. The first-order chi connectivity index (χ1) is 13.7. The molecule has 0 aliphatic heterocycles. The highest BCUT2D eigenvalue weighted by Crippen LogP contribution is 2.18. The summed E-state index contributed by atoms with van der Waals surface area (Å²) in [5, 5.41) is 0. The second-order valence-electron chi connectivity index (χ2n) is 5.87. The average molecular weight is 368 g/mol. The fourth-order valence-electron chi connectivity index (χ4n) is 2.52. The third-order valence-corrected chi connectivity index (χ3v) is 3.76. The van der Waals surface area contributed by atoms with Crippen LogP contribution in [0.5, 0.6) is 0 Å². The number of carbonyl (C=O) groups excluding carboxylic acids is 1. The predicted octanol–water partition coefficient (Wildman–Crippen LogP) is 5.73. The molecule has 4 aromatic carbocycles. The lowest BCUT2D eigenvalue weighted by molar-refractivity contribution is 0.256. The molecule has 0 aliphatic rings. The molecule has 0 radical (unpaired) electrons. The lowest BCUT2D eigenvalue weighted by Crippen LogP contribution is -2.18. The maximum absolute atomic E-state index is 9.00. The Balaban J connectivity index is 0.000000169. The molecule has 0 unspecified atom stereocenters. The van der Waals surface area contributed by atoms with Crippen LogP contribution in [0.1, 0.15) is 0 Å². The van der Waals surface area contributed by atoms with Crippen molar-refractivity contribution in [2.45, 2.75) is 0 Å². The van der Waals surface area contributed by atoms with E-state index in [1.54, 1.807) is 0 Å². The van der Waals surface area contributed by atoms with Crippen molar-refractivity contribution in [2.24, 2.45) is 11.5 Å². The first kappa shape index (κ1) is 20.5. The highest BCUT2D eigenvalue weighted by molar-refractivity contribution is 5.69. The Labute approximate surface area is 166 Å². The maximum atomic E-state index is 9.00. The van der Waals surface area contributed by atoms with Crippen LogP contribution in [0.15, 0.2) is 121 Å². The summed E-state index contributed by atoms with van der Waals surface area (Å²) in [6, 6.07) is 40.7. The zero-order valence-corrected chi connectivity index (χ0v) is 15.6. The molecule has 0 saturated heterocycles. The van der Waals surface area contributed by atoms with E-state index in [9.17, 15) is 0 Å². The van der Waals surface area contributed by atoms with Gasteiger partial charge in [0.25, 0.3) is 0 Å².